The molecule has 2 aromatic rings. The number of rotatable bonds is 6. The molecule has 0 aromatic heterocycles. The average molecular weight is 399 g/mol. The number of ether oxygens (including phenoxy) is 4. The summed E-state index contributed by atoms with van der Waals surface area (Å²) >= 11 is 0. The Bertz CT molecular complexity index is 926. The zero-order valence-corrected chi connectivity index (χ0v) is 17.7. The number of nitrogens with zero attached hydrogens (tertiary/aromatic N) is 1. The molecule has 4 rings (SSSR count). The Hall–Kier alpha value is -2.44. The van der Waals surface area contributed by atoms with Crippen LogP contribution < -0.4 is 18.9 Å². The highest BCUT2D eigenvalue weighted by atomic mass is 16.5. The van der Waals surface area contributed by atoms with Crippen LogP contribution in [0.25, 0.3) is 11.1 Å². The third-order valence-electron chi connectivity index (χ3n) is 6.09. The van der Waals surface area contributed by atoms with E-state index in [0.717, 1.165) is 47.4 Å². The van der Waals surface area contributed by atoms with Crippen LogP contribution in [0.15, 0.2) is 18.2 Å². The topological polar surface area (TPSA) is 60.4 Å². The summed E-state index contributed by atoms with van der Waals surface area (Å²) in [7, 11) is 6.59. The molecule has 0 radical (unpaired) electrons. The van der Waals surface area contributed by atoms with Crippen LogP contribution in [0.5, 0.6) is 23.0 Å². The number of methoxy groups -OCH3 is 4. The molecule has 1 N–H and O–H groups in total. The summed E-state index contributed by atoms with van der Waals surface area (Å²) in [5, 5.41) is 11.0. The molecule has 1 heterocycles. The number of β-amino-alcohol motifs (C(OH)–C–C–N with tert-alkyl or cyclic N) is 1. The van der Waals surface area contributed by atoms with Gasteiger partial charge in [0, 0.05) is 18.2 Å². The molecule has 0 bridgehead atoms. The lowest BCUT2D eigenvalue weighted by atomic mass is 9.75. The first-order valence-corrected chi connectivity index (χ1v) is 10.0. The Morgan fingerprint density at radius 2 is 1.66 bits per heavy atom. The van der Waals surface area contributed by atoms with E-state index in [4.69, 9.17) is 18.9 Å². The van der Waals surface area contributed by atoms with Gasteiger partial charge in [-0.15, -0.1) is 0 Å². The van der Waals surface area contributed by atoms with Crippen molar-refractivity contribution in [3.63, 3.8) is 0 Å². The first-order chi connectivity index (χ1) is 14.1. The predicted molar refractivity (Wildman–Crippen MR) is 111 cm³/mol. The quantitative estimate of drug-likeness (QED) is 0.798. The molecule has 0 saturated carbocycles. The number of aliphatic hydroxyl groups excluding tert-OH is 1. The third-order valence-corrected chi connectivity index (χ3v) is 6.09. The van der Waals surface area contributed by atoms with Crippen molar-refractivity contribution in [2.45, 2.75) is 31.9 Å². The Morgan fingerprint density at radius 3 is 2.28 bits per heavy atom. The van der Waals surface area contributed by atoms with E-state index < -0.39 is 6.10 Å². The number of hydrogen-bond donors (Lipinski definition) is 1. The summed E-state index contributed by atoms with van der Waals surface area (Å²) in [6.07, 6.45) is 1.31. The first kappa shape index (κ1) is 19.9. The second kappa shape index (κ2) is 7.76. The fraction of sp³-hybridized carbons (Fsp3) is 0.478. The molecule has 6 heteroatoms. The standard InChI is InChI=1S/C23H29NO5/c1-6-7-24-12-17(25)15-11-20(28-4)23(29-5)22-14-10-19(27-3)18(26-2)9-13(14)8-16(24)21(15)22/h9-11,16-17,25H,6-8,12H2,1-5H3/t16-,17+/m1/s1. The summed E-state index contributed by atoms with van der Waals surface area (Å²) in [5.74, 6) is 2.71. The second-order valence-corrected chi connectivity index (χ2v) is 7.58. The highest BCUT2D eigenvalue weighted by Gasteiger charge is 2.40. The zero-order valence-electron chi connectivity index (χ0n) is 17.7. The molecule has 1 aliphatic heterocycles. The van der Waals surface area contributed by atoms with E-state index in [1.54, 1.807) is 28.4 Å². The van der Waals surface area contributed by atoms with Crippen molar-refractivity contribution in [3.8, 4) is 34.1 Å². The molecule has 6 nitrogen and oxygen atoms in total. The second-order valence-electron chi connectivity index (χ2n) is 7.58. The van der Waals surface area contributed by atoms with Gasteiger partial charge in [-0.3, -0.25) is 4.90 Å². The Morgan fingerprint density at radius 1 is 0.966 bits per heavy atom. The molecule has 2 aliphatic rings. The van der Waals surface area contributed by atoms with Gasteiger partial charge in [0.1, 0.15) is 0 Å². The molecular formula is C23H29NO5. The molecule has 1 aliphatic carbocycles. The molecule has 156 valence electrons. The highest BCUT2D eigenvalue weighted by Crippen LogP contribution is 2.55. The summed E-state index contributed by atoms with van der Waals surface area (Å²) < 4.78 is 22.6. The van der Waals surface area contributed by atoms with Crippen LogP contribution in [-0.2, 0) is 6.42 Å². The lowest BCUT2D eigenvalue weighted by molar-refractivity contribution is 0.0651. The van der Waals surface area contributed by atoms with E-state index in [1.807, 2.05) is 12.1 Å². The first-order valence-electron chi connectivity index (χ1n) is 10.0. The van der Waals surface area contributed by atoms with Crippen molar-refractivity contribution in [2.75, 3.05) is 41.5 Å². The van der Waals surface area contributed by atoms with Crippen molar-refractivity contribution in [1.29, 1.82) is 0 Å². The van der Waals surface area contributed by atoms with E-state index in [1.165, 1.54) is 5.56 Å². The lowest BCUT2D eigenvalue weighted by Gasteiger charge is -2.44. The molecular weight excluding hydrogens is 370 g/mol. The maximum atomic E-state index is 11.0. The zero-order chi connectivity index (χ0) is 20.7. The minimum atomic E-state index is -0.562. The number of aliphatic hydroxyl groups is 1. The van der Waals surface area contributed by atoms with E-state index in [-0.39, 0.29) is 6.04 Å². The largest absolute Gasteiger partial charge is 0.493 e. The monoisotopic (exact) mass is 399 g/mol. The minimum Gasteiger partial charge on any atom is -0.493 e. The van der Waals surface area contributed by atoms with E-state index in [2.05, 4.69) is 17.9 Å². The van der Waals surface area contributed by atoms with Crippen molar-refractivity contribution < 1.29 is 24.1 Å². The van der Waals surface area contributed by atoms with Crippen LogP contribution in [0.1, 0.15) is 42.2 Å². The molecule has 2 aromatic carbocycles. The van der Waals surface area contributed by atoms with Gasteiger partial charge >= 0.3 is 0 Å². The maximum Gasteiger partial charge on any atom is 0.168 e. The Kier molecular flexibility index (Phi) is 5.32. The van der Waals surface area contributed by atoms with Gasteiger partial charge in [-0.25, -0.2) is 0 Å². The third kappa shape index (κ3) is 3.02. The van der Waals surface area contributed by atoms with Gasteiger partial charge in [0.25, 0.3) is 0 Å². The van der Waals surface area contributed by atoms with Crippen LogP contribution in [0, 0.1) is 0 Å². The van der Waals surface area contributed by atoms with Gasteiger partial charge in [-0.2, -0.15) is 0 Å². The van der Waals surface area contributed by atoms with Crippen molar-refractivity contribution in [3.05, 3.63) is 34.9 Å². The highest BCUT2D eigenvalue weighted by molar-refractivity contribution is 5.85. The van der Waals surface area contributed by atoms with Gasteiger partial charge in [-0.1, -0.05) is 6.92 Å². The number of fused-ring (bicyclic) bond motifs is 2. The lowest BCUT2D eigenvalue weighted by Crippen LogP contribution is -2.41. The maximum absolute atomic E-state index is 11.0. The minimum absolute atomic E-state index is 0.175. The SMILES string of the molecule is CCCN1C[C@H](O)c2cc(OC)c(OC)c3c2[C@H]1Cc1cc(OC)c(OC)cc1-3. The average Bonchev–Trinajstić information content (AvgIpc) is 2.75. The van der Waals surface area contributed by atoms with Crippen molar-refractivity contribution in [1.82, 2.24) is 4.90 Å². The number of hydrogen-bond acceptors (Lipinski definition) is 6. The molecule has 0 amide bonds. The summed E-state index contributed by atoms with van der Waals surface area (Å²) in [6, 6.07) is 6.18. The molecule has 0 spiro atoms. The molecule has 0 saturated heterocycles. The van der Waals surface area contributed by atoms with Crippen molar-refractivity contribution in [2.24, 2.45) is 0 Å². The van der Waals surface area contributed by atoms with E-state index >= 15 is 0 Å². The van der Waals surface area contributed by atoms with Crippen LogP contribution in [0.2, 0.25) is 0 Å². The normalized spacial score (nSPS) is 19.9. The molecule has 29 heavy (non-hydrogen) atoms. The van der Waals surface area contributed by atoms with Crippen LogP contribution in [-0.4, -0.2) is 51.5 Å². The predicted octanol–water partition coefficient (Wildman–Crippen LogP) is 3.74. The Labute approximate surface area is 171 Å². The fourth-order valence-electron chi connectivity index (χ4n) is 4.86. The van der Waals surface area contributed by atoms with Crippen LogP contribution in [0.4, 0.5) is 0 Å². The van der Waals surface area contributed by atoms with E-state index in [9.17, 15) is 5.11 Å². The van der Waals surface area contributed by atoms with Crippen molar-refractivity contribution >= 4 is 0 Å². The Balaban J connectivity index is 2.05. The molecule has 0 fully saturated rings. The summed E-state index contributed by atoms with van der Waals surface area (Å²) in [5.41, 5.74) is 5.26. The smallest absolute Gasteiger partial charge is 0.168 e. The molecule has 2 atom stereocenters. The van der Waals surface area contributed by atoms with Gasteiger partial charge in [0.2, 0.25) is 0 Å². The summed E-state index contributed by atoms with van der Waals surface area (Å²) in [6.45, 7) is 3.71. The van der Waals surface area contributed by atoms with Gasteiger partial charge in [0.15, 0.2) is 23.0 Å². The van der Waals surface area contributed by atoms with Gasteiger partial charge < -0.3 is 24.1 Å². The van der Waals surface area contributed by atoms with Crippen LogP contribution in [0.3, 0.4) is 0 Å². The summed E-state index contributed by atoms with van der Waals surface area (Å²) in [4.78, 5) is 2.38. The van der Waals surface area contributed by atoms with Gasteiger partial charge in [-0.05, 0) is 59.8 Å². The fourth-order valence-corrected chi connectivity index (χ4v) is 4.86. The van der Waals surface area contributed by atoms with E-state index in [0.29, 0.717) is 23.8 Å². The van der Waals surface area contributed by atoms with Gasteiger partial charge in [0.05, 0.1) is 34.5 Å². The number of benzene rings is 2. The van der Waals surface area contributed by atoms with Crippen LogP contribution >= 0.6 is 0 Å². The molecule has 0 unspecified atom stereocenters.